The van der Waals surface area contributed by atoms with Gasteiger partial charge in [-0.3, -0.25) is 0 Å². The van der Waals surface area contributed by atoms with E-state index in [9.17, 15) is 0 Å². The predicted molar refractivity (Wildman–Crippen MR) is 194 cm³/mol. The van der Waals surface area contributed by atoms with Crippen LogP contribution in [0, 0.1) is 0 Å². The lowest BCUT2D eigenvalue weighted by molar-refractivity contribution is 0.768. The van der Waals surface area contributed by atoms with Gasteiger partial charge in [-0.15, -0.1) is 0 Å². The molecule has 6 aromatic rings. The summed E-state index contributed by atoms with van der Waals surface area (Å²) in [6.07, 6.45) is 1.79. The van der Waals surface area contributed by atoms with E-state index < -0.39 is 29.0 Å². The largest absolute Gasteiger partial charge is 0.320 e. The summed E-state index contributed by atoms with van der Waals surface area (Å²) in [7, 11) is -2.35. The minimum atomic E-state index is -0.913. The molecule has 4 heteroatoms. The summed E-state index contributed by atoms with van der Waals surface area (Å²) in [4.78, 5) is 0. The minimum absolute atomic E-state index is 0.493. The number of hydrogen-bond donors (Lipinski definition) is 1. The summed E-state index contributed by atoms with van der Waals surface area (Å²) in [5.41, 5.74) is 8.12. The molecule has 43 heavy (non-hydrogen) atoms. The van der Waals surface area contributed by atoms with E-state index in [4.69, 9.17) is 5.73 Å². The van der Waals surface area contributed by atoms with Gasteiger partial charge in [-0.2, -0.15) is 0 Å². The lowest BCUT2D eigenvalue weighted by atomic mass is 10.3. The van der Waals surface area contributed by atoms with E-state index in [0.29, 0.717) is 0 Å². The van der Waals surface area contributed by atoms with Crippen LogP contribution < -0.4 is 37.6 Å². The molecule has 0 aliphatic heterocycles. The van der Waals surface area contributed by atoms with Gasteiger partial charge in [0.05, 0.1) is 5.28 Å². The first-order valence-electron chi connectivity index (χ1n) is 14.7. The van der Waals surface area contributed by atoms with Gasteiger partial charge in [0.2, 0.25) is 0 Å². The number of nitrogens with two attached hydrogens (primary N) is 1. The predicted octanol–water partition coefficient (Wildman–Crippen LogP) is 7.04. The topological polar surface area (TPSA) is 26.0 Å². The molecule has 0 radical (unpaired) electrons. The van der Waals surface area contributed by atoms with E-state index >= 15 is 0 Å². The van der Waals surface area contributed by atoms with Crippen molar-refractivity contribution < 1.29 is 0 Å². The van der Waals surface area contributed by atoms with Crippen LogP contribution in [0.25, 0.3) is 0 Å². The molecule has 0 saturated heterocycles. The maximum atomic E-state index is 8.12. The van der Waals surface area contributed by atoms with Gasteiger partial charge in [-0.25, -0.2) is 0 Å². The standard InChI is InChI=1S/C39H36NP3/c40-39(43(37-27-15-5-16-28-37)38-29-17-6-18-30-38,31-41(33-19-7-1-8-20-33)34-21-9-2-10-22-34)32-42(35-23-11-3-12-24-35)36-25-13-4-14-26-36/h1-30H,31-32,40H2. The molecule has 0 saturated carbocycles. The van der Waals surface area contributed by atoms with Gasteiger partial charge in [0, 0.05) is 0 Å². The average molecular weight is 612 g/mol. The Balaban J connectivity index is 1.55. The molecule has 0 unspecified atom stereocenters. The van der Waals surface area contributed by atoms with Crippen molar-refractivity contribution in [3.63, 3.8) is 0 Å². The van der Waals surface area contributed by atoms with Crippen molar-refractivity contribution in [3.8, 4) is 0 Å². The lowest BCUT2D eigenvalue weighted by Gasteiger charge is -2.43. The van der Waals surface area contributed by atoms with E-state index in [2.05, 4.69) is 182 Å². The summed E-state index contributed by atoms with van der Waals surface area (Å²) in [5.74, 6) is 0. The molecular weight excluding hydrogens is 575 g/mol. The SMILES string of the molecule is NC(CP(c1ccccc1)c1ccccc1)(CP(c1ccccc1)c1ccccc1)P(c1ccccc1)c1ccccc1. The Morgan fingerprint density at radius 1 is 0.326 bits per heavy atom. The summed E-state index contributed by atoms with van der Waals surface area (Å²) < 4.78 is 0. The Kier molecular flexibility index (Phi) is 9.90. The molecule has 212 valence electrons. The van der Waals surface area contributed by atoms with Gasteiger partial charge in [0.15, 0.2) is 0 Å². The van der Waals surface area contributed by atoms with Crippen LogP contribution >= 0.6 is 23.8 Å². The third-order valence-electron chi connectivity index (χ3n) is 7.61. The van der Waals surface area contributed by atoms with E-state index in [0.717, 1.165) is 12.3 Å². The van der Waals surface area contributed by atoms with Crippen molar-refractivity contribution in [2.75, 3.05) is 12.3 Å². The molecule has 0 atom stereocenters. The molecule has 2 N–H and O–H groups in total. The van der Waals surface area contributed by atoms with Crippen LogP contribution in [0.1, 0.15) is 0 Å². The Morgan fingerprint density at radius 2 is 0.535 bits per heavy atom. The highest BCUT2D eigenvalue weighted by molar-refractivity contribution is 7.79. The van der Waals surface area contributed by atoms with Crippen LogP contribution in [0.15, 0.2) is 182 Å². The normalized spacial score (nSPS) is 11.7. The van der Waals surface area contributed by atoms with E-state index in [-0.39, 0.29) is 0 Å². The smallest absolute Gasteiger partial charge is 0.0530 e. The summed E-state index contributed by atoms with van der Waals surface area (Å²) in [6, 6.07) is 66.3. The second kappa shape index (κ2) is 14.4. The van der Waals surface area contributed by atoms with E-state index in [1.807, 2.05) is 0 Å². The molecule has 0 fully saturated rings. The maximum Gasteiger partial charge on any atom is 0.0530 e. The Labute approximate surface area is 260 Å². The van der Waals surface area contributed by atoms with Crippen LogP contribution in [0.2, 0.25) is 0 Å². The van der Waals surface area contributed by atoms with Crippen molar-refractivity contribution in [1.29, 1.82) is 0 Å². The van der Waals surface area contributed by atoms with Crippen LogP contribution in [0.3, 0.4) is 0 Å². The first kappa shape index (κ1) is 29.6. The Bertz CT molecular complexity index is 1460. The molecule has 0 aliphatic carbocycles. The fourth-order valence-electron chi connectivity index (χ4n) is 5.65. The number of benzene rings is 6. The molecule has 6 aromatic carbocycles. The first-order chi connectivity index (χ1) is 21.2. The van der Waals surface area contributed by atoms with Crippen molar-refractivity contribution in [2.24, 2.45) is 5.73 Å². The maximum absolute atomic E-state index is 8.12. The molecule has 0 spiro atoms. The minimum Gasteiger partial charge on any atom is -0.320 e. The Hall–Kier alpha value is -3.43. The highest BCUT2D eigenvalue weighted by atomic mass is 31.1. The van der Waals surface area contributed by atoms with Crippen LogP contribution in [-0.4, -0.2) is 17.6 Å². The summed E-state index contributed by atoms with van der Waals surface area (Å²) in [5, 5.41) is 7.66. The van der Waals surface area contributed by atoms with Gasteiger partial charge in [-0.1, -0.05) is 182 Å². The second-order valence-electron chi connectivity index (χ2n) is 10.6. The molecular formula is C39H36NP3. The van der Waals surface area contributed by atoms with Crippen molar-refractivity contribution in [3.05, 3.63) is 182 Å². The number of hydrogen-bond acceptors (Lipinski definition) is 1. The summed E-state index contributed by atoms with van der Waals surface area (Å²) in [6.45, 7) is 0. The molecule has 0 bridgehead atoms. The monoisotopic (exact) mass is 611 g/mol. The zero-order valence-corrected chi connectivity index (χ0v) is 26.8. The van der Waals surface area contributed by atoms with Crippen LogP contribution in [0.4, 0.5) is 0 Å². The average Bonchev–Trinajstić information content (AvgIpc) is 3.09. The van der Waals surface area contributed by atoms with E-state index in [1.165, 1.54) is 31.8 Å². The van der Waals surface area contributed by atoms with Gasteiger partial charge in [0.25, 0.3) is 0 Å². The highest BCUT2D eigenvalue weighted by Gasteiger charge is 2.42. The van der Waals surface area contributed by atoms with Crippen molar-refractivity contribution in [2.45, 2.75) is 5.28 Å². The van der Waals surface area contributed by atoms with Crippen LogP contribution in [0.5, 0.6) is 0 Å². The van der Waals surface area contributed by atoms with Crippen molar-refractivity contribution in [1.82, 2.24) is 0 Å². The van der Waals surface area contributed by atoms with Crippen molar-refractivity contribution >= 4 is 55.6 Å². The quantitative estimate of drug-likeness (QED) is 0.156. The third kappa shape index (κ3) is 7.21. The fourth-order valence-corrected chi connectivity index (χ4v) is 14.8. The van der Waals surface area contributed by atoms with Gasteiger partial charge in [0.1, 0.15) is 0 Å². The first-order valence-corrected chi connectivity index (χ1v) is 19.1. The lowest BCUT2D eigenvalue weighted by Crippen LogP contribution is -2.51. The van der Waals surface area contributed by atoms with Gasteiger partial charge >= 0.3 is 0 Å². The summed E-state index contributed by atoms with van der Waals surface area (Å²) >= 11 is 0. The molecule has 0 amide bonds. The van der Waals surface area contributed by atoms with Crippen LogP contribution in [-0.2, 0) is 0 Å². The van der Waals surface area contributed by atoms with Gasteiger partial charge < -0.3 is 5.73 Å². The molecule has 0 aromatic heterocycles. The highest BCUT2D eigenvalue weighted by Crippen LogP contribution is 2.55. The zero-order valence-electron chi connectivity index (χ0n) is 24.2. The molecule has 0 heterocycles. The molecule has 6 rings (SSSR count). The number of rotatable bonds is 11. The van der Waals surface area contributed by atoms with E-state index in [1.54, 1.807) is 0 Å². The second-order valence-corrected chi connectivity index (χ2v) is 17.6. The third-order valence-corrected chi connectivity index (χ3v) is 16.4. The Morgan fingerprint density at radius 3 is 0.767 bits per heavy atom. The molecule has 0 aliphatic rings. The van der Waals surface area contributed by atoms with Gasteiger partial charge in [-0.05, 0) is 67.9 Å². The fraction of sp³-hybridized carbons (Fsp3) is 0.0769. The zero-order chi connectivity index (χ0) is 29.3. The molecule has 1 nitrogen and oxygen atoms in total.